The van der Waals surface area contributed by atoms with Crippen molar-refractivity contribution < 1.29 is 13.9 Å². The lowest BCUT2D eigenvalue weighted by Gasteiger charge is -2.27. The lowest BCUT2D eigenvalue weighted by Crippen LogP contribution is -2.19. The monoisotopic (exact) mass is 444 g/mol. The number of rotatable bonds is 8. The quantitative estimate of drug-likeness (QED) is 0.396. The highest BCUT2D eigenvalue weighted by molar-refractivity contribution is 6.32. The number of aryl methyl sites for hydroxylation is 1. The van der Waals surface area contributed by atoms with Gasteiger partial charge in [-0.1, -0.05) is 37.6 Å². The number of benzene rings is 2. The van der Waals surface area contributed by atoms with Gasteiger partial charge in [0, 0.05) is 12.3 Å². The van der Waals surface area contributed by atoms with Gasteiger partial charge in [0.25, 0.3) is 0 Å². The van der Waals surface area contributed by atoms with Crippen molar-refractivity contribution in [1.82, 2.24) is 4.98 Å². The third-order valence-corrected chi connectivity index (χ3v) is 5.27. The third kappa shape index (κ3) is 4.89. The molecular weight excluding hydrogens is 423 g/mol. The highest BCUT2D eigenvalue weighted by atomic mass is 35.5. The zero-order valence-corrected chi connectivity index (χ0v) is 18.5. The van der Waals surface area contributed by atoms with Crippen LogP contribution in [0.25, 0.3) is 0 Å². The van der Waals surface area contributed by atoms with Gasteiger partial charge in [-0.05, 0) is 35.4 Å². The molecule has 0 amide bonds. The van der Waals surface area contributed by atoms with Crippen molar-refractivity contribution in [3.05, 3.63) is 76.0 Å². The van der Waals surface area contributed by atoms with Crippen molar-refractivity contribution in [3.63, 3.8) is 0 Å². The minimum absolute atomic E-state index is 0.286. The van der Waals surface area contributed by atoms with Gasteiger partial charge in [-0.2, -0.15) is 5.26 Å². The molecule has 0 saturated carbocycles. The summed E-state index contributed by atoms with van der Waals surface area (Å²) >= 11 is 12.1. The van der Waals surface area contributed by atoms with E-state index >= 15 is 0 Å². The summed E-state index contributed by atoms with van der Waals surface area (Å²) in [6.07, 6.45) is 1.66. The number of halogens is 2. The zero-order valence-electron chi connectivity index (χ0n) is 17.0. The molecule has 2 aromatic carbocycles. The molecule has 5 nitrogen and oxygen atoms in total. The van der Waals surface area contributed by atoms with Crippen LogP contribution in [-0.4, -0.2) is 17.5 Å². The van der Waals surface area contributed by atoms with Gasteiger partial charge in [0.15, 0.2) is 17.4 Å². The molecule has 3 aromatic rings. The van der Waals surface area contributed by atoms with Gasteiger partial charge >= 0.3 is 0 Å². The first-order valence-electron chi connectivity index (χ1n) is 9.42. The number of nitriles is 1. The van der Waals surface area contributed by atoms with Crippen LogP contribution in [0.1, 0.15) is 42.2 Å². The summed E-state index contributed by atoms with van der Waals surface area (Å²) in [6, 6.07) is 13.6. The Morgan fingerprint density at radius 2 is 1.87 bits per heavy atom. The van der Waals surface area contributed by atoms with Crippen molar-refractivity contribution >= 4 is 23.2 Å². The van der Waals surface area contributed by atoms with E-state index in [1.54, 1.807) is 13.1 Å². The van der Waals surface area contributed by atoms with Gasteiger partial charge in [0.05, 0.1) is 22.7 Å². The Balaban J connectivity index is 1.80. The average molecular weight is 445 g/mol. The van der Waals surface area contributed by atoms with Gasteiger partial charge < -0.3 is 13.9 Å². The maximum absolute atomic E-state index is 9.54. The highest BCUT2D eigenvalue weighted by Gasteiger charge is 2.26. The second kappa shape index (κ2) is 9.42. The molecule has 0 unspecified atom stereocenters. The molecular formula is C23H22Cl2N2O3. The first kappa shape index (κ1) is 22.0. The number of oxazole rings is 1. The summed E-state index contributed by atoms with van der Waals surface area (Å²) in [5.74, 6) is 2.70. The number of hydrogen-bond donors (Lipinski definition) is 0. The molecule has 0 radical (unpaired) electrons. The van der Waals surface area contributed by atoms with Gasteiger partial charge in [0.1, 0.15) is 25.0 Å². The fraction of sp³-hybridized carbons (Fsp3) is 0.304. The van der Waals surface area contributed by atoms with E-state index in [1.165, 1.54) is 0 Å². The van der Waals surface area contributed by atoms with Crippen molar-refractivity contribution in [2.24, 2.45) is 0 Å². The van der Waals surface area contributed by atoms with Crippen LogP contribution in [0, 0.1) is 18.3 Å². The molecule has 0 aliphatic heterocycles. The van der Waals surface area contributed by atoms with E-state index in [4.69, 9.17) is 37.1 Å². The van der Waals surface area contributed by atoms with Crippen LogP contribution in [0.15, 0.2) is 47.0 Å². The van der Waals surface area contributed by atoms with Gasteiger partial charge in [-0.15, -0.1) is 11.6 Å². The molecule has 0 atom stereocenters. The van der Waals surface area contributed by atoms with E-state index < -0.39 is 0 Å². The molecule has 30 heavy (non-hydrogen) atoms. The fourth-order valence-corrected chi connectivity index (χ4v) is 3.44. The molecule has 0 N–H and O–H groups in total. The summed E-state index contributed by atoms with van der Waals surface area (Å²) in [6.45, 7) is 6.54. The first-order valence-corrected chi connectivity index (χ1v) is 10.3. The smallest absolute Gasteiger partial charge is 0.191 e. The van der Waals surface area contributed by atoms with Crippen molar-refractivity contribution in [3.8, 4) is 17.6 Å². The summed E-state index contributed by atoms with van der Waals surface area (Å²) in [5, 5.41) is 9.94. The molecule has 0 fully saturated rings. The normalized spacial score (nSPS) is 11.2. The third-order valence-electron chi connectivity index (χ3n) is 4.84. The second-order valence-corrected chi connectivity index (χ2v) is 8.05. The van der Waals surface area contributed by atoms with Crippen LogP contribution >= 0.6 is 23.2 Å². The van der Waals surface area contributed by atoms with E-state index in [2.05, 4.69) is 24.9 Å². The molecule has 0 saturated heterocycles. The van der Waals surface area contributed by atoms with Crippen LogP contribution in [0.5, 0.6) is 11.5 Å². The molecule has 7 heteroatoms. The minimum atomic E-state index is -0.388. The minimum Gasteiger partial charge on any atom is -0.489 e. The van der Waals surface area contributed by atoms with Gasteiger partial charge in [-0.3, -0.25) is 0 Å². The Hall–Kier alpha value is -2.68. The maximum Gasteiger partial charge on any atom is 0.191 e. The predicted octanol–water partition coefficient (Wildman–Crippen LogP) is 6.03. The number of aromatic nitrogens is 1. The lowest BCUT2D eigenvalue weighted by molar-refractivity contribution is 0.267. The van der Waals surface area contributed by atoms with E-state index in [0.29, 0.717) is 40.5 Å². The molecule has 3 rings (SSSR count). The first-order chi connectivity index (χ1) is 14.3. The molecule has 156 valence electrons. The maximum atomic E-state index is 9.54. The van der Waals surface area contributed by atoms with E-state index in [1.807, 2.05) is 36.4 Å². The van der Waals surface area contributed by atoms with E-state index in [9.17, 15) is 5.26 Å². The fourth-order valence-electron chi connectivity index (χ4n) is 3.09. The summed E-state index contributed by atoms with van der Waals surface area (Å²) in [7, 11) is 0. The lowest BCUT2D eigenvalue weighted by atomic mass is 9.77. The second-order valence-electron chi connectivity index (χ2n) is 7.27. The Morgan fingerprint density at radius 1 is 1.13 bits per heavy atom. The van der Waals surface area contributed by atoms with Crippen LogP contribution in [0.3, 0.4) is 0 Å². The number of ether oxygens (including phenoxy) is 2. The summed E-state index contributed by atoms with van der Waals surface area (Å²) in [4.78, 5) is 4.06. The average Bonchev–Trinajstić information content (AvgIpc) is 3.16. The van der Waals surface area contributed by atoms with Gasteiger partial charge in [0.2, 0.25) is 0 Å². The molecule has 0 bridgehead atoms. The Bertz CT molecular complexity index is 1050. The molecule has 1 heterocycles. The van der Waals surface area contributed by atoms with E-state index in [0.717, 1.165) is 16.9 Å². The number of alkyl halides is 1. The standard InChI is InChI=1S/C23H22Cl2N2O3/c1-15-27-13-20(30-15)14-29-19-6-4-17(5-7-19)23(2,3)18-10-16(12-26)22(21(25)11-18)28-9-8-24/h4-7,10-11,13H,8-9,14H2,1-3H3. The number of nitrogens with zero attached hydrogens (tertiary/aromatic N) is 2. The zero-order chi connectivity index (χ0) is 21.7. The largest absolute Gasteiger partial charge is 0.489 e. The summed E-state index contributed by atoms with van der Waals surface area (Å²) < 4.78 is 16.7. The Kier molecular flexibility index (Phi) is 6.91. The Labute approximate surface area is 186 Å². The van der Waals surface area contributed by atoms with Crippen LogP contribution in [0.4, 0.5) is 0 Å². The summed E-state index contributed by atoms with van der Waals surface area (Å²) in [5.41, 5.74) is 1.96. The highest BCUT2D eigenvalue weighted by Crippen LogP contribution is 2.38. The van der Waals surface area contributed by atoms with Crippen LogP contribution in [0.2, 0.25) is 5.02 Å². The van der Waals surface area contributed by atoms with Crippen LogP contribution in [-0.2, 0) is 12.0 Å². The van der Waals surface area contributed by atoms with Crippen molar-refractivity contribution in [1.29, 1.82) is 5.26 Å². The van der Waals surface area contributed by atoms with Crippen molar-refractivity contribution in [2.45, 2.75) is 32.8 Å². The van der Waals surface area contributed by atoms with Crippen molar-refractivity contribution in [2.75, 3.05) is 12.5 Å². The van der Waals surface area contributed by atoms with E-state index in [-0.39, 0.29) is 12.0 Å². The van der Waals surface area contributed by atoms with Crippen LogP contribution < -0.4 is 9.47 Å². The SMILES string of the molecule is Cc1ncc(COc2ccc(C(C)(C)c3cc(Cl)c(OCCCl)c(C#N)c3)cc2)o1. The molecule has 1 aromatic heterocycles. The Morgan fingerprint density at radius 3 is 2.47 bits per heavy atom. The molecule has 0 aliphatic carbocycles. The molecule has 0 spiro atoms. The topological polar surface area (TPSA) is 68.3 Å². The number of hydrogen-bond acceptors (Lipinski definition) is 5. The van der Waals surface area contributed by atoms with Gasteiger partial charge in [-0.25, -0.2) is 4.98 Å². The predicted molar refractivity (Wildman–Crippen MR) is 117 cm³/mol. The molecule has 0 aliphatic rings.